The molecule has 4 nitrogen and oxygen atoms in total. The third kappa shape index (κ3) is 3.12. The Kier molecular flexibility index (Phi) is 4.40. The van der Waals surface area contributed by atoms with Crippen molar-refractivity contribution >= 4 is 17.4 Å². The maximum absolute atomic E-state index is 9.60. The molecular formula is C13H16ClN3O. The number of anilines is 1. The lowest BCUT2D eigenvalue weighted by Gasteiger charge is -2.26. The number of nitriles is 1. The average Bonchev–Trinajstić information content (AvgIpc) is 2.38. The molecule has 0 aromatic carbocycles. The van der Waals surface area contributed by atoms with Gasteiger partial charge in [0, 0.05) is 12.7 Å². The van der Waals surface area contributed by atoms with Crippen LogP contribution in [0.2, 0.25) is 5.02 Å². The second kappa shape index (κ2) is 6.03. The van der Waals surface area contributed by atoms with Gasteiger partial charge in [-0.3, -0.25) is 0 Å². The van der Waals surface area contributed by atoms with Crippen LogP contribution in [0.4, 0.5) is 5.82 Å². The molecular weight excluding hydrogens is 250 g/mol. The van der Waals surface area contributed by atoms with Crippen molar-refractivity contribution < 1.29 is 5.11 Å². The number of aromatic nitrogens is 1. The Morgan fingerprint density at radius 3 is 3.11 bits per heavy atom. The number of nitrogens with zero attached hydrogens (tertiary/aromatic N) is 2. The van der Waals surface area contributed by atoms with E-state index in [9.17, 15) is 5.11 Å². The molecule has 0 saturated heterocycles. The molecule has 2 rings (SSSR count). The quantitative estimate of drug-likeness (QED) is 0.881. The molecule has 1 heterocycles. The molecule has 1 aliphatic carbocycles. The summed E-state index contributed by atoms with van der Waals surface area (Å²) in [5, 5.41) is 22.0. The molecule has 0 radical (unpaired) electrons. The normalized spacial score (nSPS) is 23.4. The highest BCUT2D eigenvalue weighted by Crippen LogP contribution is 2.27. The van der Waals surface area contributed by atoms with Gasteiger partial charge in [-0.1, -0.05) is 18.0 Å². The SMILES string of the molecule is N#Cc1ccnc(NCC2CCCC(O)C2)c1Cl. The van der Waals surface area contributed by atoms with Gasteiger partial charge in [0.25, 0.3) is 0 Å². The second-order valence-corrected chi connectivity index (χ2v) is 5.08. The van der Waals surface area contributed by atoms with Gasteiger partial charge in [0.15, 0.2) is 0 Å². The standard InChI is InChI=1S/C13H16ClN3O/c14-12-10(7-15)4-5-16-13(12)17-8-9-2-1-3-11(18)6-9/h4-5,9,11,18H,1-3,6,8H2,(H,16,17). The number of hydrogen-bond acceptors (Lipinski definition) is 4. The minimum Gasteiger partial charge on any atom is -0.393 e. The summed E-state index contributed by atoms with van der Waals surface area (Å²) in [5.41, 5.74) is 0.429. The van der Waals surface area contributed by atoms with Crippen LogP contribution in [0.25, 0.3) is 0 Å². The number of hydrogen-bond donors (Lipinski definition) is 2. The van der Waals surface area contributed by atoms with Crippen LogP contribution in [0, 0.1) is 17.2 Å². The van der Waals surface area contributed by atoms with Crippen LogP contribution in [0.15, 0.2) is 12.3 Å². The second-order valence-electron chi connectivity index (χ2n) is 4.70. The maximum Gasteiger partial charge on any atom is 0.146 e. The first kappa shape index (κ1) is 13.1. The molecule has 18 heavy (non-hydrogen) atoms. The van der Waals surface area contributed by atoms with E-state index in [1.807, 2.05) is 6.07 Å². The van der Waals surface area contributed by atoms with Crippen molar-refractivity contribution in [1.82, 2.24) is 4.98 Å². The van der Waals surface area contributed by atoms with E-state index in [1.165, 1.54) is 0 Å². The van der Waals surface area contributed by atoms with Crippen molar-refractivity contribution in [2.24, 2.45) is 5.92 Å². The summed E-state index contributed by atoms with van der Waals surface area (Å²) in [4.78, 5) is 4.13. The predicted octanol–water partition coefficient (Wildman–Crippen LogP) is 2.57. The molecule has 96 valence electrons. The molecule has 2 unspecified atom stereocenters. The molecule has 0 amide bonds. The van der Waals surface area contributed by atoms with Gasteiger partial charge in [-0.25, -0.2) is 4.98 Å². The number of nitrogens with one attached hydrogen (secondary N) is 1. The minimum absolute atomic E-state index is 0.181. The van der Waals surface area contributed by atoms with E-state index in [0.29, 0.717) is 22.3 Å². The lowest BCUT2D eigenvalue weighted by Crippen LogP contribution is -2.25. The van der Waals surface area contributed by atoms with Gasteiger partial charge in [-0.2, -0.15) is 5.26 Å². The van der Waals surface area contributed by atoms with Crippen LogP contribution < -0.4 is 5.32 Å². The Morgan fingerprint density at radius 2 is 2.39 bits per heavy atom. The van der Waals surface area contributed by atoms with Crippen molar-refractivity contribution in [2.45, 2.75) is 31.8 Å². The number of pyridine rings is 1. The molecule has 1 aliphatic rings. The Balaban J connectivity index is 1.96. The highest BCUT2D eigenvalue weighted by atomic mass is 35.5. The Bertz CT molecular complexity index is 458. The summed E-state index contributed by atoms with van der Waals surface area (Å²) in [6.07, 6.45) is 5.29. The maximum atomic E-state index is 9.60. The zero-order valence-electron chi connectivity index (χ0n) is 10.1. The number of aliphatic hydroxyl groups excluding tert-OH is 1. The van der Waals surface area contributed by atoms with Crippen molar-refractivity contribution in [3.63, 3.8) is 0 Å². The highest BCUT2D eigenvalue weighted by molar-refractivity contribution is 6.34. The van der Waals surface area contributed by atoms with Crippen molar-refractivity contribution in [1.29, 1.82) is 5.26 Å². The molecule has 2 atom stereocenters. The first-order chi connectivity index (χ1) is 8.70. The molecule has 1 aromatic heterocycles. The van der Waals surface area contributed by atoms with E-state index in [4.69, 9.17) is 16.9 Å². The number of aliphatic hydroxyl groups is 1. The van der Waals surface area contributed by atoms with Gasteiger partial charge in [-0.05, 0) is 31.2 Å². The van der Waals surface area contributed by atoms with Crippen molar-refractivity contribution in [3.8, 4) is 6.07 Å². The fourth-order valence-corrected chi connectivity index (χ4v) is 2.56. The van der Waals surface area contributed by atoms with Gasteiger partial charge in [0.05, 0.1) is 11.7 Å². The van der Waals surface area contributed by atoms with Gasteiger partial charge in [0.2, 0.25) is 0 Å². The summed E-state index contributed by atoms with van der Waals surface area (Å²) in [5.74, 6) is 0.994. The zero-order valence-corrected chi connectivity index (χ0v) is 10.8. The van der Waals surface area contributed by atoms with Crippen LogP contribution in [-0.2, 0) is 0 Å². The van der Waals surface area contributed by atoms with Gasteiger partial charge in [0.1, 0.15) is 16.9 Å². The third-order valence-electron chi connectivity index (χ3n) is 3.32. The van der Waals surface area contributed by atoms with E-state index >= 15 is 0 Å². The van der Waals surface area contributed by atoms with Crippen molar-refractivity contribution in [3.05, 3.63) is 22.8 Å². The molecule has 5 heteroatoms. The summed E-state index contributed by atoms with van der Waals surface area (Å²) in [6, 6.07) is 3.62. The highest BCUT2D eigenvalue weighted by Gasteiger charge is 2.20. The van der Waals surface area contributed by atoms with Gasteiger partial charge in [-0.15, -0.1) is 0 Å². The molecule has 1 saturated carbocycles. The summed E-state index contributed by atoms with van der Waals surface area (Å²) < 4.78 is 0. The summed E-state index contributed by atoms with van der Waals surface area (Å²) >= 11 is 6.06. The van der Waals surface area contributed by atoms with Crippen molar-refractivity contribution in [2.75, 3.05) is 11.9 Å². The summed E-state index contributed by atoms with van der Waals surface area (Å²) in [6.45, 7) is 0.735. The van der Waals surface area contributed by atoms with E-state index in [-0.39, 0.29) is 6.10 Å². The Hall–Kier alpha value is -1.31. The van der Waals surface area contributed by atoms with E-state index in [0.717, 1.165) is 32.2 Å². The number of rotatable bonds is 3. The molecule has 0 spiro atoms. The first-order valence-corrected chi connectivity index (χ1v) is 6.55. The number of halogens is 1. The van der Waals surface area contributed by atoms with Crippen LogP contribution in [0.3, 0.4) is 0 Å². The fourth-order valence-electron chi connectivity index (χ4n) is 2.34. The van der Waals surface area contributed by atoms with Crippen LogP contribution >= 0.6 is 11.6 Å². The van der Waals surface area contributed by atoms with Gasteiger partial charge < -0.3 is 10.4 Å². The predicted molar refractivity (Wildman–Crippen MR) is 70.4 cm³/mol. The van der Waals surface area contributed by atoms with E-state index < -0.39 is 0 Å². The topological polar surface area (TPSA) is 68.9 Å². The smallest absolute Gasteiger partial charge is 0.146 e. The molecule has 1 aromatic rings. The van der Waals surface area contributed by atoms with Crippen LogP contribution in [-0.4, -0.2) is 22.7 Å². The summed E-state index contributed by atoms with van der Waals surface area (Å²) in [7, 11) is 0. The lowest BCUT2D eigenvalue weighted by atomic mass is 9.87. The van der Waals surface area contributed by atoms with Gasteiger partial charge >= 0.3 is 0 Å². The van der Waals surface area contributed by atoms with E-state index in [2.05, 4.69) is 10.3 Å². The van der Waals surface area contributed by atoms with E-state index in [1.54, 1.807) is 12.3 Å². The zero-order chi connectivity index (χ0) is 13.0. The molecule has 0 aliphatic heterocycles. The minimum atomic E-state index is -0.181. The third-order valence-corrected chi connectivity index (χ3v) is 3.71. The molecule has 2 N–H and O–H groups in total. The van der Waals surface area contributed by atoms with Crippen LogP contribution in [0.5, 0.6) is 0 Å². The monoisotopic (exact) mass is 265 g/mol. The lowest BCUT2D eigenvalue weighted by molar-refractivity contribution is 0.104. The first-order valence-electron chi connectivity index (χ1n) is 6.17. The molecule has 1 fully saturated rings. The largest absolute Gasteiger partial charge is 0.393 e. The molecule has 0 bridgehead atoms. The Labute approximate surface area is 112 Å². The Morgan fingerprint density at radius 1 is 1.56 bits per heavy atom. The average molecular weight is 266 g/mol. The van der Waals surface area contributed by atoms with Crippen LogP contribution in [0.1, 0.15) is 31.2 Å². The fraction of sp³-hybridized carbons (Fsp3) is 0.538.